The van der Waals surface area contributed by atoms with E-state index in [0.717, 1.165) is 12.8 Å². The van der Waals surface area contributed by atoms with Gasteiger partial charge in [-0.2, -0.15) is 5.26 Å². The summed E-state index contributed by atoms with van der Waals surface area (Å²) in [6, 6.07) is 6.84. The number of nitriles is 1. The number of rotatable bonds is 4. The fourth-order valence-electron chi connectivity index (χ4n) is 1.40. The van der Waals surface area contributed by atoms with Gasteiger partial charge in [-0.1, -0.05) is 0 Å². The third kappa shape index (κ3) is 3.19. The molecule has 1 saturated carbocycles. The normalized spacial score (nSPS) is 13.4. The highest BCUT2D eigenvalue weighted by atomic mass is 35.5. The number of benzene rings is 1. The fourth-order valence-corrected chi connectivity index (χ4v) is 1.40. The Kier molecular flexibility index (Phi) is 4.50. The molecule has 1 fully saturated rings. The Hall–Kier alpha value is -1.57. The van der Waals surface area contributed by atoms with Gasteiger partial charge in [-0.15, -0.1) is 12.4 Å². The van der Waals surface area contributed by atoms with Gasteiger partial charge in [0.25, 0.3) is 0 Å². The van der Waals surface area contributed by atoms with E-state index in [1.807, 2.05) is 6.07 Å². The Labute approximate surface area is 106 Å². The SMILES string of the molecule is Cl.N#Cc1ccc(OC2CC2)c(C(=O)CN)c1. The number of ketones is 1. The summed E-state index contributed by atoms with van der Waals surface area (Å²) in [7, 11) is 0. The lowest BCUT2D eigenvalue weighted by molar-refractivity contribution is 0.0997. The molecule has 0 saturated heterocycles. The van der Waals surface area contributed by atoms with Gasteiger partial charge in [0.1, 0.15) is 5.75 Å². The van der Waals surface area contributed by atoms with Crippen molar-refractivity contribution in [2.45, 2.75) is 18.9 Å². The van der Waals surface area contributed by atoms with Crippen LogP contribution in [0.2, 0.25) is 0 Å². The van der Waals surface area contributed by atoms with E-state index in [0.29, 0.717) is 16.9 Å². The maximum Gasteiger partial charge on any atom is 0.180 e. The van der Waals surface area contributed by atoms with Crippen LogP contribution in [0.25, 0.3) is 0 Å². The molecule has 17 heavy (non-hydrogen) atoms. The Morgan fingerprint density at radius 1 is 1.53 bits per heavy atom. The van der Waals surface area contributed by atoms with E-state index in [1.165, 1.54) is 6.07 Å². The van der Waals surface area contributed by atoms with Gasteiger partial charge in [0.05, 0.1) is 29.8 Å². The Balaban J connectivity index is 0.00000144. The highest BCUT2D eigenvalue weighted by Gasteiger charge is 2.25. The molecule has 0 heterocycles. The molecule has 0 amide bonds. The Morgan fingerprint density at radius 2 is 2.24 bits per heavy atom. The Morgan fingerprint density at radius 3 is 2.76 bits per heavy atom. The van der Waals surface area contributed by atoms with Crippen LogP contribution in [-0.2, 0) is 0 Å². The summed E-state index contributed by atoms with van der Waals surface area (Å²) in [4.78, 5) is 11.6. The zero-order chi connectivity index (χ0) is 11.5. The summed E-state index contributed by atoms with van der Waals surface area (Å²) in [5.74, 6) is 0.338. The van der Waals surface area contributed by atoms with Crippen molar-refractivity contribution in [1.82, 2.24) is 0 Å². The molecule has 0 radical (unpaired) electrons. The van der Waals surface area contributed by atoms with Crippen LogP contribution >= 0.6 is 12.4 Å². The summed E-state index contributed by atoms with van der Waals surface area (Å²) in [5.41, 5.74) is 6.18. The van der Waals surface area contributed by atoms with Crippen molar-refractivity contribution < 1.29 is 9.53 Å². The van der Waals surface area contributed by atoms with Crippen molar-refractivity contribution in [2.24, 2.45) is 5.73 Å². The number of hydrogen-bond acceptors (Lipinski definition) is 4. The van der Waals surface area contributed by atoms with Gasteiger partial charge in [0.15, 0.2) is 5.78 Å². The molecular formula is C12H13ClN2O2. The molecule has 1 aliphatic rings. The van der Waals surface area contributed by atoms with Crippen molar-refractivity contribution in [1.29, 1.82) is 5.26 Å². The first-order chi connectivity index (χ1) is 7.74. The molecule has 5 heteroatoms. The summed E-state index contributed by atoms with van der Waals surface area (Å²) >= 11 is 0. The third-order valence-corrected chi connectivity index (χ3v) is 2.41. The van der Waals surface area contributed by atoms with Gasteiger partial charge in [0, 0.05) is 0 Å². The molecule has 90 valence electrons. The maximum atomic E-state index is 11.6. The number of hydrogen-bond donors (Lipinski definition) is 1. The van der Waals surface area contributed by atoms with Gasteiger partial charge < -0.3 is 10.5 Å². The minimum atomic E-state index is -0.201. The second-order valence-corrected chi connectivity index (χ2v) is 3.77. The van der Waals surface area contributed by atoms with Gasteiger partial charge >= 0.3 is 0 Å². The molecule has 0 bridgehead atoms. The van der Waals surface area contributed by atoms with E-state index >= 15 is 0 Å². The first-order valence-electron chi connectivity index (χ1n) is 5.18. The molecule has 2 rings (SSSR count). The van der Waals surface area contributed by atoms with Crippen molar-refractivity contribution in [3.05, 3.63) is 29.3 Å². The van der Waals surface area contributed by atoms with Crippen LogP contribution in [0.5, 0.6) is 5.75 Å². The number of carbonyl (C=O) groups excluding carboxylic acids is 1. The molecule has 2 N–H and O–H groups in total. The highest BCUT2D eigenvalue weighted by molar-refractivity contribution is 6.00. The molecule has 0 unspecified atom stereocenters. The van der Waals surface area contributed by atoms with E-state index in [1.54, 1.807) is 12.1 Å². The molecule has 0 aliphatic heterocycles. The summed E-state index contributed by atoms with van der Waals surface area (Å²) in [6.07, 6.45) is 2.27. The molecule has 0 aromatic heterocycles. The van der Waals surface area contributed by atoms with Gasteiger partial charge in [-0.3, -0.25) is 4.79 Å². The van der Waals surface area contributed by atoms with Crippen molar-refractivity contribution >= 4 is 18.2 Å². The predicted molar refractivity (Wildman–Crippen MR) is 65.4 cm³/mol. The zero-order valence-corrected chi connectivity index (χ0v) is 10.00. The van der Waals surface area contributed by atoms with Crippen LogP contribution in [0.15, 0.2) is 18.2 Å². The van der Waals surface area contributed by atoms with Crippen LogP contribution in [0.1, 0.15) is 28.8 Å². The number of nitrogens with two attached hydrogens (primary N) is 1. The van der Waals surface area contributed by atoms with E-state index in [-0.39, 0.29) is 30.8 Å². The van der Waals surface area contributed by atoms with E-state index < -0.39 is 0 Å². The van der Waals surface area contributed by atoms with E-state index in [4.69, 9.17) is 15.7 Å². The van der Waals surface area contributed by atoms with Crippen LogP contribution in [0.4, 0.5) is 0 Å². The van der Waals surface area contributed by atoms with Gasteiger partial charge in [0.2, 0.25) is 0 Å². The molecular weight excluding hydrogens is 240 g/mol. The summed E-state index contributed by atoms with van der Waals surface area (Å²) in [6.45, 7) is -0.0735. The van der Waals surface area contributed by atoms with E-state index in [9.17, 15) is 4.79 Å². The second-order valence-electron chi connectivity index (χ2n) is 3.77. The van der Waals surface area contributed by atoms with Crippen molar-refractivity contribution in [3.63, 3.8) is 0 Å². The van der Waals surface area contributed by atoms with E-state index in [2.05, 4.69) is 0 Å². The first-order valence-corrected chi connectivity index (χ1v) is 5.18. The minimum Gasteiger partial charge on any atom is -0.490 e. The monoisotopic (exact) mass is 252 g/mol. The zero-order valence-electron chi connectivity index (χ0n) is 9.18. The maximum absolute atomic E-state index is 11.6. The predicted octanol–water partition coefficient (Wildman–Crippen LogP) is 1.66. The topological polar surface area (TPSA) is 76.1 Å². The summed E-state index contributed by atoms with van der Waals surface area (Å²) in [5, 5.41) is 8.77. The number of carbonyl (C=O) groups is 1. The highest BCUT2D eigenvalue weighted by Crippen LogP contribution is 2.29. The molecule has 0 spiro atoms. The van der Waals surface area contributed by atoms with Crippen LogP contribution in [0.3, 0.4) is 0 Å². The smallest absolute Gasteiger partial charge is 0.180 e. The molecule has 1 aromatic carbocycles. The number of Topliss-reactive ketones (excluding diaryl/α,β-unsaturated/α-hetero) is 1. The van der Waals surface area contributed by atoms with Crippen molar-refractivity contribution in [3.8, 4) is 11.8 Å². The quantitative estimate of drug-likeness (QED) is 0.827. The first kappa shape index (κ1) is 13.5. The van der Waals surface area contributed by atoms with Crippen LogP contribution in [0, 0.1) is 11.3 Å². The lowest BCUT2D eigenvalue weighted by Crippen LogP contribution is -2.15. The largest absolute Gasteiger partial charge is 0.490 e. The molecule has 0 atom stereocenters. The molecule has 1 aromatic rings. The van der Waals surface area contributed by atoms with Crippen LogP contribution < -0.4 is 10.5 Å². The van der Waals surface area contributed by atoms with Crippen molar-refractivity contribution in [2.75, 3.05) is 6.54 Å². The van der Waals surface area contributed by atoms with Crippen LogP contribution in [-0.4, -0.2) is 18.4 Å². The number of halogens is 1. The second kappa shape index (κ2) is 5.67. The third-order valence-electron chi connectivity index (χ3n) is 2.41. The lowest BCUT2D eigenvalue weighted by atomic mass is 10.1. The van der Waals surface area contributed by atoms with Gasteiger partial charge in [-0.25, -0.2) is 0 Å². The lowest BCUT2D eigenvalue weighted by Gasteiger charge is -2.09. The number of ether oxygens (including phenoxy) is 1. The summed E-state index contributed by atoms with van der Waals surface area (Å²) < 4.78 is 5.59. The standard InChI is InChI=1S/C12H12N2O2.ClH/c13-6-8-1-4-12(16-9-2-3-9)10(5-8)11(15)7-14;/h1,4-5,9H,2-3,7,14H2;1H. The van der Waals surface area contributed by atoms with Gasteiger partial charge in [-0.05, 0) is 31.0 Å². The minimum absolute atomic E-state index is 0. The number of nitrogens with zero attached hydrogens (tertiary/aromatic N) is 1. The average Bonchev–Trinajstić information content (AvgIpc) is 3.12. The Bertz CT molecular complexity index is 464. The molecule has 1 aliphatic carbocycles. The fraction of sp³-hybridized carbons (Fsp3) is 0.333. The molecule has 4 nitrogen and oxygen atoms in total. The average molecular weight is 253 g/mol.